The Bertz CT molecular complexity index is 484. The van der Waals surface area contributed by atoms with E-state index in [1.807, 2.05) is 24.3 Å². The third-order valence-corrected chi connectivity index (χ3v) is 3.38. The Morgan fingerprint density at radius 2 is 2.05 bits per heavy atom. The van der Waals surface area contributed by atoms with Gasteiger partial charge in [-0.25, -0.2) is 4.98 Å². The van der Waals surface area contributed by atoms with Crippen molar-refractivity contribution in [2.45, 2.75) is 38.8 Å². The van der Waals surface area contributed by atoms with Gasteiger partial charge < -0.3 is 4.74 Å². The van der Waals surface area contributed by atoms with E-state index in [1.54, 1.807) is 11.0 Å². The zero-order valence-electron chi connectivity index (χ0n) is 11.7. The molecule has 20 heavy (non-hydrogen) atoms. The minimum atomic E-state index is -0.0224. The van der Waals surface area contributed by atoms with Crippen LogP contribution in [0.4, 0.5) is 0 Å². The van der Waals surface area contributed by atoms with Crippen LogP contribution in [0, 0.1) is 0 Å². The summed E-state index contributed by atoms with van der Waals surface area (Å²) in [5, 5.41) is 4.88. The highest BCUT2D eigenvalue weighted by Gasteiger charge is 2.13. The molecule has 0 aliphatic heterocycles. The summed E-state index contributed by atoms with van der Waals surface area (Å²) < 4.78 is 7.80. The first kappa shape index (κ1) is 15.0. The van der Waals surface area contributed by atoms with Gasteiger partial charge in [0.15, 0.2) is 0 Å². The molecule has 0 fully saturated rings. The lowest BCUT2D eigenvalue weighted by Crippen LogP contribution is -2.14. The average Bonchev–Trinajstić information content (AvgIpc) is 2.96. The van der Waals surface area contributed by atoms with E-state index in [0.717, 1.165) is 23.6 Å². The van der Waals surface area contributed by atoms with Gasteiger partial charge in [0, 0.05) is 11.6 Å². The number of benzene rings is 1. The van der Waals surface area contributed by atoms with Crippen molar-refractivity contribution in [1.82, 2.24) is 14.8 Å². The van der Waals surface area contributed by atoms with Crippen molar-refractivity contribution in [3.63, 3.8) is 0 Å². The molecule has 2 rings (SSSR count). The Morgan fingerprint density at radius 1 is 1.25 bits per heavy atom. The van der Waals surface area contributed by atoms with E-state index < -0.39 is 0 Å². The van der Waals surface area contributed by atoms with Crippen LogP contribution in [0.5, 0.6) is 0 Å². The molecule has 5 heteroatoms. The van der Waals surface area contributed by atoms with Crippen molar-refractivity contribution in [2.24, 2.45) is 0 Å². The number of hydrogen-bond acceptors (Lipinski definition) is 3. The van der Waals surface area contributed by atoms with Crippen molar-refractivity contribution in [3.05, 3.63) is 47.5 Å². The number of unbranched alkanes of at least 4 members (excludes halogenated alkanes) is 2. The first-order valence-electron chi connectivity index (χ1n) is 6.99. The second-order valence-corrected chi connectivity index (χ2v) is 5.17. The molecule has 4 nitrogen and oxygen atoms in total. The highest BCUT2D eigenvalue weighted by molar-refractivity contribution is 6.30. The number of hydrogen-bond donors (Lipinski definition) is 0. The molecule has 2 aromatic rings. The summed E-state index contributed by atoms with van der Waals surface area (Å²) in [6.07, 6.45) is 6.69. The summed E-state index contributed by atoms with van der Waals surface area (Å²) in [6, 6.07) is 7.79. The normalized spacial score (nSPS) is 12.5. The lowest BCUT2D eigenvalue weighted by atomic mass is 10.1. The molecule has 0 spiro atoms. The van der Waals surface area contributed by atoms with Gasteiger partial charge in [-0.2, -0.15) is 5.10 Å². The van der Waals surface area contributed by atoms with Crippen LogP contribution in [0.15, 0.2) is 36.9 Å². The summed E-state index contributed by atoms with van der Waals surface area (Å²) in [5.41, 5.74) is 1.11. The van der Waals surface area contributed by atoms with Crippen LogP contribution < -0.4 is 0 Å². The molecule has 1 unspecified atom stereocenters. The molecular formula is C15H20ClN3O. The van der Waals surface area contributed by atoms with Gasteiger partial charge >= 0.3 is 0 Å². The van der Waals surface area contributed by atoms with Crippen LogP contribution in [0.25, 0.3) is 0 Å². The second-order valence-electron chi connectivity index (χ2n) is 4.74. The number of ether oxygens (including phenoxy) is 1. The number of aromatic nitrogens is 3. The van der Waals surface area contributed by atoms with Crippen molar-refractivity contribution in [3.8, 4) is 0 Å². The topological polar surface area (TPSA) is 39.9 Å². The van der Waals surface area contributed by atoms with E-state index in [0.29, 0.717) is 6.54 Å². The molecule has 0 amide bonds. The molecule has 0 bridgehead atoms. The SMILES string of the molecule is CCCCCOC(Cn1cncn1)c1ccc(Cl)cc1. The first-order chi connectivity index (χ1) is 9.79. The highest BCUT2D eigenvalue weighted by Crippen LogP contribution is 2.22. The highest BCUT2D eigenvalue weighted by atomic mass is 35.5. The molecule has 1 atom stereocenters. The molecule has 1 aromatic heterocycles. The van der Waals surface area contributed by atoms with E-state index in [4.69, 9.17) is 16.3 Å². The molecule has 0 N–H and O–H groups in total. The maximum Gasteiger partial charge on any atom is 0.137 e. The molecule has 1 aromatic carbocycles. The lowest BCUT2D eigenvalue weighted by Gasteiger charge is -2.18. The van der Waals surface area contributed by atoms with Gasteiger partial charge in [0.05, 0.1) is 6.54 Å². The van der Waals surface area contributed by atoms with Crippen LogP contribution in [0.2, 0.25) is 5.02 Å². The van der Waals surface area contributed by atoms with Crippen molar-refractivity contribution in [2.75, 3.05) is 6.61 Å². The zero-order chi connectivity index (χ0) is 14.2. The van der Waals surface area contributed by atoms with Crippen molar-refractivity contribution >= 4 is 11.6 Å². The Morgan fingerprint density at radius 3 is 2.70 bits per heavy atom. The van der Waals surface area contributed by atoms with Gasteiger partial charge in [-0.15, -0.1) is 0 Å². The predicted octanol–water partition coefficient (Wildman–Crippen LogP) is 3.88. The number of nitrogens with zero attached hydrogens (tertiary/aromatic N) is 3. The zero-order valence-corrected chi connectivity index (χ0v) is 12.5. The fourth-order valence-electron chi connectivity index (χ4n) is 2.01. The standard InChI is InChI=1S/C15H20ClN3O/c1-2-3-4-9-20-15(10-19-12-17-11-18-19)13-5-7-14(16)8-6-13/h5-8,11-12,15H,2-4,9-10H2,1H3. The smallest absolute Gasteiger partial charge is 0.137 e. The molecule has 1 heterocycles. The summed E-state index contributed by atoms with van der Waals surface area (Å²) in [6.45, 7) is 3.61. The number of halogens is 1. The Hall–Kier alpha value is -1.39. The largest absolute Gasteiger partial charge is 0.372 e. The average molecular weight is 294 g/mol. The molecule has 0 radical (unpaired) electrons. The number of rotatable bonds is 8. The van der Waals surface area contributed by atoms with Crippen LogP contribution in [-0.4, -0.2) is 21.4 Å². The maximum atomic E-state index is 6.01. The van der Waals surface area contributed by atoms with Gasteiger partial charge in [0.1, 0.15) is 18.8 Å². The van der Waals surface area contributed by atoms with Crippen LogP contribution in [0.3, 0.4) is 0 Å². The van der Waals surface area contributed by atoms with E-state index in [9.17, 15) is 0 Å². The van der Waals surface area contributed by atoms with Gasteiger partial charge in [0.2, 0.25) is 0 Å². The molecule has 108 valence electrons. The predicted molar refractivity (Wildman–Crippen MR) is 79.7 cm³/mol. The van der Waals surface area contributed by atoms with Crippen LogP contribution in [-0.2, 0) is 11.3 Å². The molecule has 0 saturated carbocycles. The van der Waals surface area contributed by atoms with Gasteiger partial charge in [-0.1, -0.05) is 43.5 Å². The summed E-state index contributed by atoms with van der Waals surface area (Å²) in [4.78, 5) is 3.97. The van der Waals surface area contributed by atoms with Gasteiger partial charge in [-0.3, -0.25) is 4.68 Å². The van der Waals surface area contributed by atoms with E-state index >= 15 is 0 Å². The minimum Gasteiger partial charge on any atom is -0.372 e. The Kier molecular flexibility index (Phi) is 6.02. The molecule has 0 aliphatic carbocycles. The summed E-state index contributed by atoms with van der Waals surface area (Å²) in [5.74, 6) is 0. The third-order valence-electron chi connectivity index (χ3n) is 3.13. The third kappa shape index (κ3) is 4.62. The second kappa shape index (κ2) is 8.02. The molecule has 0 saturated heterocycles. The summed E-state index contributed by atoms with van der Waals surface area (Å²) in [7, 11) is 0. The van der Waals surface area contributed by atoms with Gasteiger partial charge in [-0.05, 0) is 24.1 Å². The maximum absolute atomic E-state index is 6.01. The van der Waals surface area contributed by atoms with Gasteiger partial charge in [0.25, 0.3) is 0 Å². The van der Waals surface area contributed by atoms with E-state index in [2.05, 4.69) is 17.0 Å². The van der Waals surface area contributed by atoms with Crippen molar-refractivity contribution in [1.29, 1.82) is 0 Å². The van der Waals surface area contributed by atoms with Crippen LogP contribution >= 0.6 is 11.6 Å². The minimum absolute atomic E-state index is 0.0224. The summed E-state index contributed by atoms with van der Waals surface area (Å²) >= 11 is 5.94. The fraction of sp³-hybridized carbons (Fsp3) is 0.467. The molecular weight excluding hydrogens is 274 g/mol. The van der Waals surface area contributed by atoms with Crippen LogP contribution in [0.1, 0.15) is 37.9 Å². The van der Waals surface area contributed by atoms with Crippen molar-refractivity contribution < 1.29 is 4.74 Å². The monoisotopic (exact) mass is 293 g/mol. The van der Waals surface area contributed by atoms with E-state index in [-0.39, 0.29) is 6.10 Å². The fourth-order valence-corrected chi connectivity index (χ4v) is 2.13. The van der Waals surface area contributed by atoms with E-state index in [1.165, 1.54) is 19.2 Å². The first-order valence-corrected chi connectivity index (χ1v) is 7.37. The molecule has 0 aliphatic rings. The Labute approximate surface area is 124 Å². The lowest BCUT2D eigenvalue weighted by molar-refractivity contribution is 0.0357. The quantitative estimate of drug-likeness (QED) is 0.694. The Balaban J connectivity index is 2.00.